The molecule has 5 atom stereocenters. The number of Topliss-reactive ketones (excluding diaryl/α,β-unsaturated/α-hetero) is 1. The lowest BCUT2D eigenvalue weighted by Gasteiger charge is -2.49. The maximum absolute atomic E-state index is 12.5. The summed E-state index contributed by atoms with van der Waals surface area (Å²) in [5.41, 5.74) is 0.108. The normalized spacial score (nSPS) is 33.6. The zero-order valence-corrected chi connectivity index (χ0v) is 22.0. The van der Waals surface area contributed by atoms with Gasteiger partial charge in [-0.1, -0.05) is 27.7 Å². The van der Waals surface area contributed by atoms with Crippen LogP contribution in [0.15, 0.2) is 0 Å². The predicted octanol–water partition coefficient (Wildman–Crippen LogP) is 7.00. The summed E-state index contributed by atoms with van der Waals surface area (Å²) in [4.78, 5) is 12.5. The average Bonchev–Trinajstić information content (AvgIpc) is 2.85. The smallest absolute Gasteiger partial charge is 0.191 e. The molecule has 2 aliphatic rings. The van der Waals surface area contributed by atoms with E-state index in [1.807, 2.05) is 6.92 Å². The van der Waals surface area contributed by atoms with Crippen LogP contribution in [0.1, 0.15) is 93.9 Å². The summed E-state index contributed by atoms with van der Waals surface area (Å²) in [6, 6.07) is 0. The SMILES string of the molecule is CC(=O)C1CC[C@]2(C)C(OC(C)(C)C)CCC2C1CCCO[Si](C)(C)C(C)(C)C. The Kier molecular flexibility index (Phi) is 7.56. The minimum absolute atomic E-state index is 0.105. The Balaban J connectivity index is 2.06. The Bertz CT molecular complexity index is 572. The third kappa shape index (κ3) is 5.74. The lowest BCUT2D eigenvalue weighted by Crippen LogP contribution is -2.47. The van der Waals surface area contributed by atoms with Crippen LogP contribution in [0, 0.1) is 23.2 Å². The molecule has 0 aromatic heterocycles. The number of ketones is 1. The van der Waals surface area contributed by atoms with Gasteiger partial charge in [-0.15, -0.1) is 0 Å². The molecule has 4 heteroatoms. The standard InChI is InChI=1S/C25H48O3Si/c1-18(26)19-15-16-25(8)21(13-14-22(25)28-23(2,3)4)20(19)12-11-17-27-29(9,10)24(5,6)7/h19-22H,11-17H2,1-10H3/t19?,20?,21?,22?,25-/m0/s1. The second-order valence-corrected chi connectivity index (χ2v) is 17.4. The molecule has 0 radical (unpaired) electrons. The second-order valence-electron chi connectivity index (χ2n) is 12.6. The zero-order chi connectivity index (χ0) is 22.3. The lowest BCUT2D eigenvalue weighted by atomic mass is 9.58. The highest BCUT2D eigenvalue weighted by Crippen LogP contribution is 2.58. The molecule has 3 nitrogen and oxygen atoms in total. The van der Waals surface area contributed by atoms with Crippen molar-refractivity contribution in [1.82, 2.24) is 0 Å². The van der Waals surface area contributed by atoms with E-state index in [0.29, 0.717) is 23.7 Å². The number of hydrogen-bond acceptors (Lipinski definition) is 3. The highest BCUT2D eigenvalue weighted by atomic mass is 28.4. The first-order valence-corrected chi connectivity index (χ1v) is 14.8. The Morgan fingerprint density at radius 3 is 2.21 bits per heavy atom. The molecular weight excluding hydrogens is 376 g/mol. The Morgan fingerprint density at radius 1 is 1.07 bits per heavy atom. The molecule has 170 valence electrons. The van der Waals surface area contributed by atoms with Gasteiger partial charge in [0, 0.05) is 12.5 Å². The largest absolute Gasteiger partial charge is 0.417 e. The fourth-order valence-electron chi connectivity index (χ4n) is 5.63. The Hall–Kier alpha value is -0.193. The summed E-state index contributed by atoms with van der Waals surface area (Å²) in [5, 5.41) is 0.251. The molecular formula is C25H48O3Si. The van der Waals surface area contributed by atoms with Gasteiger partial charge in [-0.25, -0.2) is 0 Å². The highest BCUT2D eigenvalue weighted by Gasteiger charge is 2.55. The predicted molar refractivity (Wildman–Crippen MR) is 125 cm³/mol. The first-order chi connectivity index (χ1) is 13.1. The molecule has 4 unspecified atom stereocenters. The monoisotopic (exact) mass is 424 g/mol. The van der Waals surface area contributed by atoms with Crippen molar-refractivity contribution in [2.24, 2.45) is 23.2 Å². The highest BCUT2D eigenvalue weighted by molar-refractivity contribution is 6.74. The topological polar surface area (TPSA) is 35.5 Å². The summed E-state index contributed by atoms with van der Waals surface area (Å²) in [5.74, 6) is 1.71. The van der Waals surface area contributed by atoms with Crippen molar-refractivity contribution in [2.75, 3.05) is 6.61 Å². The van der Waals surface area contributed by atoms with E-state index in [4.69, 9.17) is 9.16 Å². The van der Waals surface area contributed by atoms with Crippen molar-refractivity contribution in [3.63, 3.8) is 0 Å². The van der Waals surface area contributed by atoms with Gasteiger partial charge in [0.05, 0.1) is 11.7 Å². The van der Waals surface area contributed by atoms with Crippen LogP contribution in [0.4, 0.5) is 0 Å². The molecule has 0 amide bonds. The molecule has 2 aliphatic carbocycles. The second kappa shape index (κ2) is 8.74. The molecule has 0 aromatic carbocycles. The van der Waals surface area contributed by atoms with E-state index in [2.05, 4.69) is 61.6 Å². The van der Waals surface area contributed by atoms with Crippen molar-refractivity contribution < 1.29 is 14.0 Å². The number of ether oxygens (including phenoxy) is 1. The van der Waals surface area contributed by atoms with E-state index < -0.39 is 8.32 Å². The van der Waals surface area contributed by atoms with E-state index in [9.17, 15) is 4.79 Å². The molecule has 0 aromatic rings. The van der Waals surface area contributed by atoms with Crippen LogP contribution in [0.5, 0.6) is 0 Å². The average molecular weight is 425 g/mol. The summed E-state index contributed by atoms with van der Waals surface area (Å²) in [6.07, 6.45) is 7.00. The number of rotatable bonds is 7. The molecule has 0 bridgehead atoms. The van der Waals surface area contributed by atoms with E-state index in [1.54, 1.807) is 0 Å². The van der Waals surface area contributed by atoms with Crippen molar-refractivity contribution in [2.45, 2.75) is 124 Å². The van der Waals surface area contributed by atoms with E-state index in [0.717, 1.165) is 38.7 Å². The van der Waals surface area contributed by atoms with Gasteiger partial charge in [0.25, 0.3) is 0 Å². The first-order valence-electron chi connectivity index (χ1n) is 11.9. The lowest BCUT2D eigenvalue weighted by molar-refractivity contribution is -0.141. The van der Waals surface area contributed by atoms with Gasteiger partial charge >= 0.3 is 0 Å². The third-order valence-corrected chi connectivity index (χ3v) is 12.9. The van der Waals surface area contributed by atoms with Gasteiger partial charge in [-0.05, 0) is 102 Å². The van der Waals surface area contributed by atoms with Gasteiger partial charge in [0.15, 0.2) is 8.32 Å². The maximum Gasteiger partial charge on any atom is 0.191 e. The summed E-state index contributed by atoms with van der Waals surface area (Å²) >= 11 is 0. The minimum atomic E-state index is -1.70. The van der Waals surface area contributed by atoms with Gasteiger partial charge in [-0.3, -0.25) is 4.79 Å². The fourth-order valence-corrected chi connectivity index (χ4v) is 6.72. The van der Waals surface area contributed by atoms with Crippen molar-refractivity contribution in [1.29, 1.82) is 0 Å². The van der Waals surface area contributed by atoms with Crippen LogP contribution in [0.2, 0.25) is 18.1 Å². The molecule has 2 saturated carbocycles. The number of carbonyl (C=O) groups is 1. The first kappa shape index (κ1) is 25.1. The van der Waals surface area contributed by atoms with Crippen LogP contribution in [-0.4, -0.2) is 32.4 Å². The molecule has 2 fully saturated rings. The third-order valence-electron chi connectivity index (χ3n) is 8.32. The van der Waals surface area contributed by atoms with Gasteiger partial charge < -0.3 is 9.16 Å². The number of fused-ring (bicyclic) bond motifs is 1. The molecule has 0 saturated heterocycles. The van der Waals surface area contributed by atoms with Crippen LogP contribution in [0.25, 0.3) is 0 Å². The van der Waals surface area contributed by atoms with E-state index in [-0.39, 0.29) is 22.0 Å². The van der Waals surface area contributed by atoms with Crippen molar-refractivity contribution >= 4 is 14.1 Å². The fraction of sp³-hybridized carbons (Fsp3) is 0.960. The van der Waals surface area contributed by atoms with Crippen molar-refractivity contribution in [3.05, 3.63) is 0 Å². The van der Waals surface area contributed by atoms with Gasteiger partial charge in [0.2, 0.25) is 0 Å². The van der Waals surface area contributed by atoms with Crippen LogP contribution < -0.4 is 0 Å². The molecule has 29 heavy (non-hydrogen) atoms. The van der Waals surface area contributed by atoms with Crippen molar-refractivity contribution in [3.8, 4) is 0 Å². The van der Waals surface area contributed by atoms with Crippen LogP contribution in [-0.2, 0) is 14.0 Å². The molecule has 0 aliphatic heterocycles. The minimum Gasteiger partial charge on any atom is -0.417 e. The Labute approximate surface area is 181 Å². The van der Waals surface area contributed by atoms with E-state index >= 15 is 0 Å². The van der Waals surface area contributed by atoms with Crippen LogP contribution in [0.3, 0.4) is 0 Å². The summed E-state index contributed by atoms with van der Waals surface area (Å²) in [6.45, 7) is 23.1. The number of carbonyl (C=O) groups excluding carboxylic acids is 1. The molecule has 2 rings (SSSR count). The van der Waals surface area contributed by atoms with Crippen LogP contribution >= 0.6 is 0 Å². The quantitative estimate of drug-likeness (QED) is 0.326. The van der Waals surface area contributed by atoms with Gasteiger partial charge in [0.1, 0.15) is 5.78 Å². The Morgan fingerprint density at radius 2 is 1.69 bits per heavy atom. The molecule has 0 spiro atoms. The van der Waals surface area contributed by atoms with Gasteiger partial charge in [-0.2, -0.15) is 0 Å². The number of hydrogen-bond donors (Lipinski definition) is 0. The van der Waals surface area contributed by atoms with E-state index in [1.165, 1.54) is 6.42 Å². The molecule has 0 heterocycles. The maximum atomic E-state index is 12.5. The zero-order valence-electron chi connectivity index (χ0n) is 21.0. The molecule has 0 N–H and O–H groups in total. The summed E-state index contributed by atoms with van der Waals surface area (Å²) < 4.78 is 13.0. The summed E-state index contributed by atoms with van der Waals surface area (Å²) in [7, 11) is -1.70.